The predicted octanol–water partition coefficient (Wildman–Crippen LogP) is 0.466. The fourth-order valence-electron chi connectivity index (χ4n) is 2.47. The first-order valence-electron chi connectivity index (χ1n) is 7.98. The van der Waals surface area contributed by atoms with Gasteiger partial charge in [0, 0.05) is 38.6 Å². The van der Waals surface area contributed by atoms with E-state index in [1.165, 1.54) is 45.1 Å². The number of anilines is 1. The molecule has 8 nitrogen and oxygen atoms in total. The van der Waals surface area contributed by atoms with Gasteiger partial charge in [0.25, 0.3) is 0 Å². The lowest BCUT2D eigenvalue weighted by Gasteiger charge is -2.30. The predicted molar refractivity (Wildman–Crippen MR) is 101 cm³/mol. The van der Waals surface area contributed by atoms with Crippen LogP contribution in [0, 0.1) is 0 Å². The Kier molecular flexibility index (Phi) is 7.04. The number of ether oxygens (including phenoxy) is 1. The Morgan fingerprint density at radius 3 is 2.77 bits per heavy atom. The Hall–Kier alpha value is -1.62. The number of carbonyl (C=O) groups is 2. The largest absolute Gasteiger partial charge is 0.468 e. The molecule has 1 aromatic rings. The van der Waals surface area contributed by atoms with Crippen LogP contribution in [0.2, 0.25) is 0 Å². The number of esters is 1. The Bertz CT molecular complexity index is 767. The van der Waals surface area contributed by atoms with Crippen LogP contribution in [-0.4, -0.2) is 81.3 Å². The van der Waals surface area contributed by atoms with Crippen molar-refractivity contribution >= 4 is 39.3 Å². The number of benzene rings is 1. The average Bonchev–Trinajstić information content (AvgIpc) is 2.61. The minimum Gasteiger partial charge on any atom is -0.468 e. The van der Waals surface area contributed by atoms with Gasteiger partial charge in [-0.1, -0.05) is 6.07 Å². The summed E-state index contributed by atoms with van der Waals surface area (Å²) in [7, 11) is 0.688. The average molecular weight is 402 g/mol. The molecule has 1 aliphatic heterocycles. The summed E-state index contributed by atoms with van der Waals surface area (Å²) in [6, 6.07) is 6.12. The van der Waals surface area contributed by atoms with Crippen LogP contribution in [0.15, 0.2) is 29.2 Å². The Balaban J connectivity index is 1.99. The molecule has 0 aliphatic carbocycles. The fourth-order valence-corrected chi connectivity index (χ4v) is 4.61. The Morgan fingerprint density at radius 1 is 1.38 bits per heavy atom. The maximum absolute atomic E-state index is 12.3. The van der Waals surface area contributed by atoms with Crippen molar-refractivity contribution in [1.29, 1.82) is 0 Å². The molecule has 1 atom stereocenters. The maximum Gasteiger partial charge on any atom is 0.320 e. The molecule has 26 heavy (non-hydrogen) atoms. The molecule has 1 fully saturated rings. The van der Waals surface area contributed by atoms with Crippen LogP contribution in [0.1, 0.15) is 0 Å². The summed E-state index contributed by atoms with van der Waals surface area (Å²) in [5.41, 5.74) is 0.411. The molecule has 0 spiro atoms. The van der Waals surface area contributed by atoms with Gasteiger partial charge in [-0.2, -0.15) is 0 Å². The van der Waals surface area contributed by atoms with E-state index in [9.17, 15) is 18.0 Å². The second kappa shape index (κ2) is 8.85. The lowest BCUT2D eigenvalue weighted by atomic mass is 10.3. The number of rotatable bonds is 6. The topological polar surface area (TPSA) is 96.0 Å². The van der Waals surface area contributed by atoms with Gasteiger partial charge in [0.2, 0.25) is 15.9 Å². The van der Waals surface area contributed by atoms with Crippen molar-refractivity contribution in [1.82, 2.24) is 9.21 Å². The molecular weight excluding hydrogens is 378 g/mol. The van der Waals surface area contributed by atoms with Crippen LogP contribution in [0.4, 0.5) is 5.69 Å². The molecule has 1 amide bonds. The molecule has 0 saturated carbocycles. The van der Waals surface area contributed by atoms with Gasteiger partial charge in [0.1, 0.15) is 5.25 Å². The fraction of sp³-hybridized carbons (Fsp3) is 0.500. The number of nitrogens with one attached hydrogen (secondary N) is 1. The molecule has 1 aliphatic rings. The summed E-state index contributed by atoms with van der Waals surface area (Å²) in [5.74, 6) is 0.186. The van der Waals surface area contributed by atoms with E-state index in [0.29, 0.717) is 18.8 Å². The SMILES string of the molecule is COC(=O)[C@@H]1CN(CC(=O)Nc2cccc(S(=O)(=O)N(C)C)c2)CCS1. The van der Waals surface area contributed by atoms with Gasteiger partial charge in [-0.15, -0.1) is 11.8 Å². The quantitative estimate of drug-likeness (QED) is 0.692. The molecule has 144 valence electrons. The minimum absolute atomic E-state index is 0.112. The third kappa shape index (κ3) is 5.19. The van der Waals surface area contributed by atoms with Gasteiger partial charge < -0.3 is 10.1 Å². The molecule has 0 radical (unpaired) electrons. The van der Waals surface area contributed by atoms with Crippen LogP contribution in [0.25, 0.3) is 0 Å². The monoisotopic (exact) mass is 401 g/mol. The Labute approximate surface area is 157 Å². The number of methoxy groups -OCH3 is 1. The van der Waals surface area contributed by atoms with Crippen LogP contribution in [-0.2, 0) is 24.3 Å². The lowest BCUT2D eigenvalue weighted by molar-refractivity contribution is -0.140. The third-order valence-electron chi connectivity index (χ3n) is 3.88. The van der Waals surface area contributed by atoms with Crippen LogP contribution in [0.5, 0.6) is 0 Å². The van der Waals surface area contributed by atoms with Gasteiger partial charge in [-0.05, 0) is 18.2 Å². The molecule has 1 aromatic carbocycles. The number of carbonyl (C=O) groups excluding carboxylic acids is 2. The highest BCUT2D eigenvalue weighted by Gasteiger charge is 2.28. The highest BCUT2D eigenvalue weighted by molar-refractivity contribution is 8.00. The van der Waals surface area contributed by atoms with E-state index < -0.39 is 10.0 Å². The standard InChI is InChI=1S/C16H23N3O5S2/c1-18(2)26(22,23)13-6-4-5-12(9-13)17-15(20)11-19-7-8-25-14(10-19)16(21)24-3/h4-6,9,14H,7-8,10-11H2,1-3H3,(H,17,20)/t14-/m0/s1. The van der Waals surface area contributed by atoms with E-state index in [2.05, 4.69) is 5.32 Å². The summed E-state index contributed by atoms with van der Waals surface area (Å²) in [5, 5.41) is 2.42. The molecule has 0 unspecified atom stereocenters. The third-order valence-corrected chi connectivity index (χ3v) is 6.85. The maximum atomic E-state index is 12.3. The molecule has 0 bridgehead atoms. The van der Waals surface area contributed by atoms with Crippen molar-refractivity contribution in [3.8, 4) is 0 Å². The molecule has 2 rings (SSSR count). The summed E-state index contributed by atoms with van der Waals surface area (Å²) in [6.07, 6.45) is 0. The van der Waals surface area contributed by atoms with Crippen molar-refractivity contribution in [3.63, 3.8) is 0 Å². The van der Waals surface area contributed by atoms with Gasteiger partial charge >= 0.3 is 5.97 Å². The first-order chi connectivity index (χ1) is 12.2. The van der Waals surface area contributed by atoms with Crippen molar-refractivity contribution in [3.05, 3.63) is 24.3 Å². The number of hydrogen-bond acceptors (Lipinski definition) is 7. The lowest BCUT2D eigenvalue weighted by Crippen LogP contribution is -2.45. The van der Waals surface area contributed by atoms with E-state index in [1.54, 1.807) is 12.1 Å². The van der Waals surface area contributed by atoms with Gasteiger partial charge in [0.05, 0.1) is 18.6 Å². The first-order valence-corrected chi connectivity index (χ1v) is 10.5. The van der Waals surface area contributed by atoms with Crippen LogP contribution >= 0.6 is 11.8 Å². The van der Waals surface area contributed by atoms with E-state index in [-0.39, 0.29) is 28.6 Å². The first kappa shape index (κ1) is 20.7. The summed E-state index contributed by atoms with van der Waals surface area (Å²) in [6.45, 7) is 1.26. The van der Waals surface area contributed by atoms with Gasteiger partial charge in [0.15, 0.2) is 0 Å². The number of sulfonamides is 1. The number of thioether (sulfide) groups is 1. The van der Waals surface area contributed by atoms with Gasteiger partial charge in [-0.25, -0.2) is 12.7 Å². The summed E-state index contributed by atoms with van der Waals surface area (Å²) >= 11 is 1.52. The Morgan fingerprint density at radius 2 is 2.12 bits per heavy atom. The number of nitrogens with zero attached hydrogens (tertiary/aromatic N) is 2. The van der Waals surface area contributed by atoms with E-state index in [0.717, 1.165) is 10.1 Å². The van der Waals surface area contributed by atoms with Crippen LogP contribution < -0.4 is 5.32 Å². The highest BCUT2D eigenvalue weighted by Crippen LogP contribution is 2.20. The summed E-state index contributed by atoms with van der Waals surface area (Å²) in [4.78, 5) is 25.9. The zero-order valence-electron chi connectivity index (χ0n) is 15.0. The smallest absolute Gasteiger partial charge is 0.320 e. The molecule has 10 heteroatoms. The molecule has 0 aromatic heterocycles. The van der Waals surface area contributed by atoms with E-state index >= 15 is 0 Å². The summed E-state index contributed by atoms with van der Waals surface area (Å²) < 4.78 is 30.2. The number of amides is 1. The van der Waals surface area contributed by atoms with Crippen LogP contribution in [0.3, 0.4) is 0 Å². The van der Waals surface area contributed by atoms with E-state index in [1.807, 2.05) is 4.90 Å². The van der Waals surface area contributed by atoms with Crippen molar-refractivity contribution < 1.29 is 22.7 Å². The highest BCUT2D eigenvalue weighted by atomic mass is 32.2. The zero-order valence-corrected chi connectivity index (χ0v) is 16.6. The minimum atomic E-state index is -3.56. The molecule has 1 N–H and O–H groups in total. The molecule has 1 saturated heterocycles. The van der Waals surface area contributed by atoms with Crippen molar-refractivity contribution in [2.45, 2.75) is 10.1 Å². The van der Waals surface area contributed by atoms with Crippen molar-refractivity contribution in [2.75, 3.05) is 51.9 Å². The zero-order chi connectivity index (χ0) is 19.3. The molecule has 1 heterocycles. The normalized spacial score (nSPS) is 18.5. The second-order valence-electron chi connectivity index (χ2n) is 5.98. The second-order valence-corrected chi connectivity index (χ2v) is 9.44. The van der Waals surface area contributed by atoms with Crippen molar-refractivity contribution in [2.24, 2.45) is 0 Å². The number of hydrogen-bond donors (Lipinski definition) is 1. The van der Waals surface area contributed by atoms with E-state index in [4.69, 9.17) is 4.74 Å². The van der Waals surface area contributed by atoms with Gasteiger partial charge in [-0.3, -0.25) is 14.5 Å². The molecular formula is C16H23N3O5S2.